The summed E-state index contributed by atoms with van der Waals surface area (Å²) >= 11 is 1.52. The molecule has 4 aliphatic carbocycles. The van der Waals surface area contributed by atoms with Crippen molar-refractivity contribution >= 4 is 29.3 Å². The van der Waals surface area contributed by atoms with E-state index in [1.807, 2.05) is 35.9 Å². The highest BCUT2D eigenvalue weighted by Crippen LogP contribution is 2.60. The minimum atomic E-state index is -0.151. The summed E-state index contributed by atoms with van der Waals surface area (Å²) in [5.74, 6) is 2.34. The first-order valence-corrected chi connectivity index (χ1v) is 12.0. The van der Waals surface area contributed by atoms with E-state index in [2.05, 4.69) is 20.8 Å². The molecule has 2 amide bonds. The number of nitrogens with zero attached hydrogens (tertiary/aromatic N) is 3. The molecule has 6 rings (SSSR count). The maximum Gasteiger partial charge on any atom is 0.226 e. The van der Waals surface area contributed by atoms with E-state index in [0.29, 0.717) is 6.54 Å². The molecule has 4 bridgehead atoms. The van der Waals surface area contributed by atoms with Crippen molar-refractivity contribution in [3.63, 3.8) is 0 Å². The lowest BCUT2D eigenvalue weighted by Crippen LogP contribution is -2.53. The highest BCUT2D eigenvalue weighted by molar-refractivity contribution is 7.99. The van der Waals surface area contributed by atoms with Gasteiger partial charge in [-0.2, -0.15) is 0 Å². The van der Waals surface area contributed by atoms with Crippen molar-refractivity contribution < 1.29 is 9.59 Å². The van der Waals surface area contributed by atoms with Gasteiger partial charge < -0.3 is 15.2 Å². The number of carbonyl (C=O) groups is 2. The molecule has 0 spiro atoms. The third-order valence-corrected chi connectivity index (χ3v) is 8.23. The third-order valence-electron chi connectivity index (χ3n) is 7.17. The van der Waals surface area contributed by atoms with Gasteiger partial charge in [0.15, 0.2) is 5.16 Å². The number of aryl methyl sites for hydroxylation is 1. The van der Waals surface area contributed by atoms with Crippen LogP contribution < -0.4 is 10.6 Å². The van der Waals surface area contributed by atoms with Crippen LogP contribution in [0.25, 0.3) is 0 Å². The van der Waals surface area contributed by atoms with Crippen LogP contribution in [0.15, 0.2) is 40.6 Å². The molecule has 1 heterocycles. The highest BCUT2D eigenvalue weighted by Gasteiger charge is 2.54. The molecule has 0 radical (unpaired) electrons. The van der Waals surface area contributed by atoms with Crippen LogP contribution >= 0.6 is 11.8 Å². The van der Waals surface area contributed by atoms with Crippen molar-refractivity contribution in [1.29, 1.82) is 0 Å². The van der Waals surface area contributed by atoms with Gasteiger partial charge in [0.05, 0.1) is 0 Å². The normalized spacial score (nSPS) is 28.5. The Morgan fingerprint density at radius 1 is 1.10 bits per heavy atom. The van der Waals surface area contributed by atoms with Gasteiger partial charge in [0, 0.05) is 36.0 Å². The molecule has 7 nitrogen and oxygen atoms in total. The SMILES string of the molecule is Cn1cnnc1Sc1ccc(NC(=O)CCNC(=O)C23CC4CC(CC(C4)C2)C3)cc1. The van der Waals surface area contributed by atoms with Gasteiger partial charge in [0.2, 0.25) is 11.8 Å². The Hall–Kier alpha value is -2.35. The van der Waals surface area contributed by atoms with Gasteiger partial charge in [-0.05, 0) is 92.3 Å². The number of hydrogen-bond donors (Lipinski definition) is 2. The van der Waals surface area contributed by atoms with E-state index in [1.165, 1.54) is 31.0 Å². The molecule has 0 aliphatic heterocycles. The maximum atomic E-state index is 13.0. The van der Waals surface area contributed by atoms with Gasteiger partial charge in [-0.15, -0.1) is 10.2 Å². The molecule has 0 unspecified atom stereocenters. The minimum absolute atomic E-state index is 0.0838. The first-order valence-electron chi connectivity index (χ1n) is 11.2. The van der Waals surface area contributed by atoms with E-state index < -0.39 is 0 Å². The first-order chi connectivity index (χ1) is 15.0. The Labute approximate surface area is 186 Å². The second-order valence-corrected chi connectivity index (χ2v) is 10.6. The predicted octanol–water partition coefficient (Wildman–Crippen LogP) is 3.63. The van der Waals surface area contributed by atoms with Crippen LogP contribution in [0.5, 0.6) is 0 Å². The average Bonchev–Trinajstić information content (AvgIpc) is 3.13. The van der Waals surface area contributed by atoms with E-state index in [9.17, 15) is 9.59 Å². The topological polar surface area (TPSA) is 88.9 Å². The first kappa shape index (κ1) is 20.5. The molecule has 4 saturated carbocycles. The van der Waals surface area contributed by atoms with Gasteiger partial charge in [-0.25, -0.2) is 0 Å². The van der Waals surface area contributed by atoms with Crippen LogP contribution in [0.4, 0.5) is 5.69 Å². The second kappa shape index (κ2) is 8.30. The largest absolute Gasteiger partial charge is 0.355 e. The summed E-state index contributed by atoms with van der Waals surface area (Å²) in [5.41, 5.74) is 0.598. The lowest BCUT2D eigenvalue weighted by molar-refractivity contribution is -0.146. The standard InChI is InChI=1S/C23H29N5O2S/c1-28-14-25-27-22(28)31-19-4-2-18(3-5-19)26-20(29)6-7-24-21(30)23-11-15-8-16(12-23)10-17(9-15)13-23/h2-5,14-17H,6-13H2,1H3,(H,24,30)(H,26,29). The van der Waals surface area contributed by atoms with Crippen LogP contribution in [0.3, 0.4) is 0 Å². The summed E-state index contributed by atoms with van der Waals surface area (Å²) in [5, 5.41) is 14.7. The molecule has 4 fully saturated rings. The zero-order valence-corrected chi connectivity index (χ0v) is 18.7. The molecule has 8 heteroatoms. The van der Waals surface area contributed by atoms with Gasteiger partial charge in [0.25, 0.3) is 0 Å². The lowest BCUT2D eigenvalue weighted by atomic mass is 9.49. The monoisotopic (exact) mass is 439 g/mol. The number of benzene rings is 1. The summed E-state index contributed by atoms with van der Waals surface area (Å²) in [7, 11) is 1.90. The average molecular weight is 440 g/mol. The van der Waals surface area contributed by atoms with Crippen LogP contribution in [0.2, 0.25) is 0 Å². The van der Waals surface area contributed by atoms with Crippen molar-refractivity contribution in [3.05, 3.63) is 30.6 Å². The molecule has 31 heavy (non-hydrogen) atoms. The fourth-order valence-corrected chi connectivity index (χ4v) is 6.93. The van der Waals surface area contributed by atoms with E-state index in [4.69, 9.17) is 0 Å². The predicted molar refractivity (Wildman–Crippen MR) is 118 cm³/mol. The molecule has 4 aliphatic rings. The smallest absolute Gasteiger partial charge is 0.226 e. The second-order valence-electron chi connectivity index (χ2n) is 9.60. The third kappa shape index (κ3) is 4.35. The van der Waals surface area contributed by atoms with Crippen molar-refractivity contribution in [2.24, 2.45) is 30.2 Å². The van der Waals surface area contributed by atoms with Gasteiger partial charge in [-0.3, -0.25) is 9.59 Å². The molecule has 1 aromatic heterocycles. The molecule has 164 valence electrons. The number of aromatic nitrogens is 3. The number of carbonyl (C=O) groups excluding carboxylic acids is 2. The number of hydrogen-bond acceptors (Lipinski definition) is 5. The van der Waals surface area contributed by atoms with Gasteiger partial charge in [0.1, 0.15) is 6.33 Å². The number of rotatable bonds is 7. The Morgan fingerprint density at radius 2 is 1.74 bits per heavy atom. The summed E-state index contributed by atoms with van der Waals surface area (Å²) in [4.78, 5) is 26.3. The fraction of sp³-hybridized carbons (Fsp3) is 0.565. The quantitative estimate of drug-likeness (QED) is 0.688. The molecule has 0 saturated heterocycles. The maximum absolute atomic E-state index is 13.0. The van der Waals surface area contributed by atoms with Crippen molar-refractivity contribution in [2.45, 2.75) is 55.0 Å². The molecule has 2 N–H and O–H groups in total. The van der Waals surface area contributed by atoms with Gasteiger partial charge >= 0.3 is 0 Å². The molecule has 1 aromatic carbocycles. The number of anilines is 1. The Bertz CT molecular complexity index is 935. The van der Waals surface area contributed by atoms with E-state index in [1.54, 1.807) is 6.33 Å². The van der Waals surface area contributed by atoms with Crippen molar-refractivity contribution in [2.75, 3.05) is 11.9 Å². The van der Waals surface area contributed by atoms with Crippen LogP contribution in [0.1, 0.15) is 44.9 Å². The summed E-state index contributed by atoms with van der Waals surface area (Å²) in [6.45, 7) is 0.395. The van der Waals surface area contributed by atoms with Crippen molar-refractivity contribution in [1.82, 2.24) is 20.1 Å². The molecule has 0 atom stereocenters. The van der Waals surface area contributed by atoms with E-state index in [0.717, 1.165) is 52.8 Å². The Morgan fingerprint density at radius 3 is 2.32 bits per heavy atom. The van der Waals surface area contributed by atoms with Crippen molar-refractivity contribution in [3.8, 4) is 0 Å². The summed E-state index contributed by atoms with van der Waals surface area (Å²) in [6, 6.07) is 7.66. The fourth-order valence-electron chi connectivity index (χ4n) is 6.17. The Kier molecular flexibility index (Phi) is 5.50. The summed E-state index contributed by atoms with van der Waals surface area (Å²) < 4.78 is 1.86. The van der Waals surface area contributed by atoms with Crippen LogP contribution in [0, 0.1) is 23.2 Å². The highest BCUT2D eigenvalue weighted by atomic mass is 32.2. The lowest BCUT2D eigenvalue weighted by Gasteiger charge is -2.55. The minimum Gasteiger partial charge on any atom is -0.355 e. The van der Waals surface area contributed by atoms with Gasteiger partial charge in [-0.1, -0.05) is 0 Å². The van der Waals surface area contributed by atoms with E-state index >= 15 is 0 Å². The molecule has 2 aromatic rings. The Balaban J connectivity index is 1.08. The van der Waals surface area contributed by atoms with Crippen LogP contribution in [-0.4, -0.2) is 33.1 Å². The zero-order chi connectivity index (χ0) is 21.4. The molecular weight excluding hydrogens is 410 g/mol. The van der Waals surface area contributed by atoms with Crippen LogP contribution in [-0.2, 0) is 16.6 Å². The molecular formula is C23H29N5O2S. The zero-order valence-electron chi connectivity index (χ0n) is 17.8. The number of nitrogens with one attached hydrogen (secondary N) is 2. The number of amides is 2. The van der Waals surface area contributed by atoms with E-state index in [-0.39, 0.29) is 23.7 Å². The summed E-state index contributed by atoms with van der Waals surface area (Å²) in [6.07, 6.45) is 9.08.